The number of carboxylic acid groups (broad SMARTS) is 1. The molecule has 0 radical (unpaired) electrons. The molecule has 6 aromatic carbocycles. The van der Waals surface area contributed by atoms with E-state index >= 15 is 0 Å². The first kappa shape index (κ1) is 72.6. The van der Waals surface area contributed by atoms with Gasteiger partial charge in [-0.25, -0.2) is 48.5 Å². The Hall–Kier alpha value is -7.66. The highest BCUT2D eigenvalue weighted by atomic mass is 35.5. The summed E-state index contributed by atoms with van der Waals surface area (Å²) in [6.07, 6.45) is 7.24. The first-order chi connectivity index (χ1) is 45.8. The number of likely N-dealkylation sites (tertiary alicyclic amines) is 1. The van der Waals surface area contributed by atoms with E-state index < -0.39 is 37.7 Å². The molecule has 2 atom stereocenters. The molecule has 2 spiro atoms. The maximum absolute atomic E-state index is 14.1. The summed E-state index contributed by atoms with van der Waals surface area (Å²) < 4.78 is 130. The third-order valence-corrected chi connectivity index (χ3v) is 25.3. The molecule has 4 aromatic heterocycles. The van der Waals surface area contributed by atoms with Crippen LogP contribution in [0.15, 0.2) is 149 Å². The monoisotopic (exact) mass is 1430 g/mol. The fourth-order valence-corrected chi connectivity index (χ4v) is 20.7. The van der Waals surface area contributed by atoms with Crippen molar-refractivity contribution in [3.05, 3.63) is 208 Å². The second kappa shape index (κ2) is 27.7. The highest BCUT2D eigenvalue weighted by Gasteiger charge is 2.57. The van der Waals surface area contributed by atoms with Crippen molar-refractivity contribution < 1.29 is 53.5 Å². The normalized spacial score (nSPS) is 20.5. The van der Waals surface area contributed by atoms with Gasteiger partial charge in [0.15, 0.2) is 0 Å². The number of pyridine rings is 1. The molecule has 16 rings (SSSR count). The van der Waals surface area contributed by atoms with Crippen molar-refractivity contribution in [3.63, 3.8) is 0 Å². The largest absolute Gasteiger partial charge is 0.480 e. The quantitative estimate of drug-likeness (QED) is 0.108. The van der Waals surface area contributed by atoms with Gasteiger partial charge in [0, 0.05) is 106 Å². The van der Waals surface area contributed by atoms with Gasteiger partial charge < -0.3 is 23.7 Å². The molecule has 6 heterocycles. The molecular weight excluding hydrogens is 1350 g/mol. The van der Waals surface area contributed by atoms with Crippen molar-refractivity contribution in [2.45, 2.75) is 147 Å². The van der Waals surface area contributed by atoms with Crippen LogP contribution in [0, 0.1) is 72.5 Å². The highest BCUT2D eigenvalue weighted by molar-refractivity contribution is 7.89. The van der Waals surface area contributed by atoms with Crippen LogP contribution in [0.1, 0.15) is 135 Å². The van der Waals surface area contributed by atoms with Gasteiger partial charge in [-0.15, -0.1) is 24.8 Å². The number of nitrogens with one attached hydrogen (secondary N) is 1. The van der Waals surface area contributed by atoms with Crippen molar-refractivity contribution >= 4 is 100 Å². The number of para-hydroxylation sites is 1. The Morgan fingerprint density at radius 1 is 0.535 bits per heavy atom. The van der Waals surface area contributed by atoms with Crippen molar-refractivity contribution in [1.29, 1.82) is 0 Å². The lowest BCUT2D eigenvalue weighted by atomic mass is 9.56. The number of aryl methyl sites for hydroxylation is 2. The van der Waals surface area contributed by atoms with E-state index in [1.165, 1.54) is 81.4 Å². The number of amides is 1. The van der Waals surface area contributed by atoms with E-state index in [0.717, 1.165) is 139 Å². The van der Waals surface area contributed by atoms with E-state index in [2.05, 4.69) is 46.5 Å². The van der Waals surface area contributed by atoms with Crippen molar-refractivity contribution in [2.75, 3.05) is 26.2 Å². The Morgan fingerprint density at radius 3 is 1.43 bits per heavy atom. The van der Waals surface area contributed by atoms with Crippen LogP contribution in [-0.4, -0.2) is 93.9 Å². The predicted molar refractivity (Wildman–Crippen MR) is 380 cm³/mol. The van der Waals surface area contributed by atoms with Gasteiger partial charge in [-0.2, -0.15) is 4.31 Å². The topological polar surface area (TPSA) is 169 Å². The van der Waals surface area contributed by atoms with Crippen LogP contribution in [0.25, 0.3) is 43.6 Å². The molecule has 6 aliphatic rings. The molecule has 6 fully saturated rings. The SMILES string of the molecule is C.CCn1c(C)c(C2CC3(C2)CN(C(=O)c2ccc4ccccc4n2)C3)c2cc(F)ccc21.CCn1c(C)c(C2CC3CC(NS(=O)(=O)c4ccc(F)cc4)CC3C2)c2cc(F)ccc21.Cc1c(C2CC3(C2)CN(S(=O)(=O)c2ccc(F)cc2)C3)c2cc(F)ccc2n1CC(=O)O.Cl.Cl. The van der Waals surface area contributed by atoms with Crippen molar-refractivity contribution in [3.8, 4) is 0 Å². The number of fused-ring (bicyclic) bond motifs is 5. The van der Waals surface area contributed by atoms with E-state index in [1.54, 1.807) is 28.8 Å². The van der Waals surface area contributed by atoms with E-state index in [-0.39, 0.29) is 94.7 Å². The number of nitrogens with zero attached hydrogens (tertiary/aromatic N) is 6. The van der Waals surface area contributed by atoms with Crippen molar-refractivity contribution in [1.82, 2.24) is 32.6 Å². The summed E-state index contributed by atoms with van der Waals surface area (Å²) in [7, 11) is -7.32. The van der Waals surface area contributed by atoms with Gasteiger partial charge in [-0.3, -0.25) is 9.59 Å². The summed E-state index contributed by atoms with van der Waals surface area (Å²) in [5, 5.41) is 13.1. The summed E-state index contributed by atoms with van der Waals surface area (Å²) in [5.41, 5.74) is 11.1. The first-order valence-corrected chi connectivity index (χ1v) is 36.0. The molecule has 2 aliphatic heterocycles. The van der Waals surface area contributed by atoms with Crippen LogP contribution in [0.4, 0.5) is 22.0 Å². The number of hydrogen-bond donors (Lipinski definition) is 2. The number of halogens is 7. The van der Waals surface area contributed by atoms with E-state index in [4.69, 9.17) is 0 Å². The minimum atomic E-state index is -3.66. The van der Waals surface area contributed by atoms with Gasteiger partial charge in [-0.1, -0.05) is 31.7 Å². The number of benzene rings is 6. The average molecular weight is 1440 g/mol. The Kier molecular flexibility index (Phi) is 20.3. The van der Waals surface area contributed by atoms with Gasteiger partial charge >= 0.3 is 5.97 Å². The number of carbonyl (C=O) groups excluding carboxylic acids is 1. The van der Waals surface area contributed by atoms with E-state index in [0.29, 0.717) is 48.0 Å². The zero-order chi connectivity index (χ0) is 67.5. The third kappa shape index (κ3) is 13.3. The fourth-order valence-electron chi connectivity index (χ4n) is 17.8. The minimum Gasteiger partial charge on any atom is -0.480 e. The number of rotatable bonds is 13. The molecule has 23 heteroatoms. The Labute approximate surface area is 586 Å². The second-order valence-electron chi connectivity index (χ2n) is 27.9. The first-order valence-electron chi connectivity index (χ1n) is 33.1. The van der Waals surface area contributed by atoms with Crippen LogP contribution >= 0.6 is 24.8 Å². The molecule has 4 saturated carbocycles. The maximum atomic E-state index is 14.1. The highest BCUT2D eigenvalue weighted by Crippen LogP contribution is 2.60. The van der Waals surface area contributed by atoms with Gasteiger partial charge in [0.2, 0.25) is 20.0 Å². The molecule has 0 bridgehead atoms. The summed E-state index contributed by atoms with van der Waals surface area (Å²) in [5.74, 6) is -0.819. The number of carbonyl (C=O) groups is 2. The Balaban J connectivity index is 0.000000148. The Bertz CT molecular complexity index is 4970. The molecule has 10 aromatic rings. The van der Waals surface area contributed by atoms with Crippen LogP contribution in [0.3, 0.4) is 0 Å². The lowest BCUT2D eigenvalue weighted by Gasteiger charge is -2.59. The molecular formula is C76H82Cl2F5N7O7S2. The molecule has 524 valence electrons. The van der Waals surface area contributed by atoms with Crippen LogP contribution in [0.5, 0.6) is 0 Å². The third-order valence-electron chi connectivity index (χ3n) is 22.0. The molecule has 4 aliphatic carbocycles. The minimum absolute atomic E-state index is 0. The van der Waals surface area contributed by atoms with Crippen LogP contribution in [0.2, 0.25) is 0 Å². The van der Waals surface area contributed by atoms with Gasteiger partial charge in [0.1, 0.15) is 41.3 Å². The number of carboxylic acids is 1. The number of aromatic nitrogens is 4. The van der Waals surface area contributed by atoms with E-state index in [1.807, 2.05) is 60.4 Å². The predicted octanol–water partition coefficient (Wildman–Crippen LogP) is 16.5. The summed E-state index contributed by atoms with van der Waals surface area (Å²) >= 11 is 0. The fraction of sp³-hybridized carbons (Fsp3) is 0.382. The standard InChI is InChI=1S/C27H26FN3O.C25H28F2N2O2S.C23H22F2N2O4S.CH4.2ClH/c1-3-31-17(2)25(21-12-20(28)9-11-24(21)31)19-13-27(14-19)15-30(16-27)26(32)23-10-8-18-6-4-5-7-22(18)29-23;1-3-29-15(2)25(23-14-20(27)6-9-24(23)29)18-10-16-12-21(13-17(16)11-18)28-32(30,31)22-7-4-19(26)5-8-22;1-14-22(19-8-17(25)4-7-20(19)27(14)11-21(28)29)15-9-23(10-15)12-26(13-23)32(30,31)18-5-2-16(24)3-6-18;;;/h4-12,19H,3,13-16H2,1-2H3;4-9,14,16-18,21,28H,3,10-13H2,1-2H3;2-8,15H,9-13H2,1H3,(H,28,29);1H4;2*1H. The van der Waals surface area contributed by atoms with Gasteiger partial charge in [-0.05, 0) is 253 Å². The van der Waals surface area contributed by atoms with Crippen LogP contribution < -0.4 is 4.72 Å². The summed E-state index contributed by atoms with van der Waals surface area (Å²) in [6, 6.07) is 35.9. The summed E-state index contributed by atoms with van der Waals surface area (Å²) in [6.45, 7) is 14.3. The maximum Gasteiger partial charge on any atom is 0.323 e. The summed E-state index contributed by atoms with van der Waals surface area (Å²) in [4.78, 5) is 31.0. The van der Waals surface area contributed by atoms with Crippen molar-refractivity contribution in [2.24, 2.45) is 22.7 Å². The smallest absolute Gasteiger partial charge is 0.323 e. The molecule has 14 nitrogen and oxygen atoms in total. The van der Waals surface area contributed by atoms with Gasteiger partial charge in [0.05, 0.1) is 15.3 Å². The zero-order valence-electron chi connectivity index (χ0n) is 55.0. The zero-order valence-corrected chi connectivity index (χ0v) is 58.2. The average Bonchev–Trinajstić information content (AvgIpc) is 1.63. The number of hydrogen-bond acceptors (Lipinski definition) is 7. The number of aliphatic carboxylic acids is 1. The molecule has 2 saturated heterocycles. The Morgan fingerprint density at radius 2 is 0.960 bits per heavy atom. The lowest BCUT2D eigenvalue weighted by molar-refractivity contribution is -0.137. The van der Waals surface area contributed by atoms with Crippen LogP contribution in [-0.2, 0) is 44.5 Å². The van der Waals surface area contributed by atoms with Gasteiger partial charge in [0.25, 0.3) is 5.91 Å². The molecule has 2 unspecified atom stereocenters. The second-order valence-corrected chi connectivity index (χ2v) is 31.5. The number of sulfonamides is 2. The lowest BCUT2D eigenvalue weighted by Crippen LogP contribution is -2.63. The van der Waals surface area contributed by atoms with E-state index in [9.17, 15) is 53.5 Å². The molecule has 2 N–H and O–H groups in total. The molecule has 99 heavy (non-hydrogen) atoms. The molecule has 1 amide bonds.